The van der Waals surface area contributed by atoms with E-state index in [4.69, 9.17) is 14.6 Å². The maximum absolute atomic E-state index is 12.2. The van der Waals surface area contributed by atoms with Gasteiger partial charge < -0.3 is 15.2 Å². The van der Waals surface area contributed by atoms with Gasteiger partial charge in [-0.1, -0.05) is 0 Å². The maximum atomic E-state index is 12.2. The summed E-state index contributed by atoms with van der Waals surface area (Å²) in [5.74, 6) is -1.39. The summed E-state index contributed by atoms with van der Waals surface area (Å²) in [6.07, 6.45) is -0.555. The SMILES string of the molecule is Cc1nc(CN2CC[C@H]3C[C@@H](C(=O)NCC4CC4)O[C@@H]3C2)cs1.O=C(O)C(F)(F)F. The van der Waals surface area contributed by atoms with E-state index in [-0.39, 0.29) is 18.1 Å². The van der Waals surface area contributed by atoms with Crippen LogP contribution in [0.3, 0.4) is 0 Å². The fourth-order valence-corrected chi connectivity index (χ4v) is 4.30. The Balaban J connectivity index is 0.000000318. The molecule has 0 spiro atoms. The van der Waals surface area contributed by atoms with Crippen molar-refractivity contribution >= 4 is 23.2 Å². The molecule has 1 aromatic heterocycles. The molecule has 0 unspecified atom stereocenters. The number of amides is 1. The molecule has 2 saturated heterocycles. The quantitative estimate of drug-likeness (QED) is 0.718. The van der Waals surface area contributed by atoms with Crippen molar-refractivity contribution in [3.63, 3.8) is 0 Å². The van der Waals surface area contributed by atoms with Gasteiger partial charge >= 0.3 is 12.1 Å². The maximum Gasteiger partial charge on any atom is 0.490 e. The van der Waals surface area contributed by atoms with E-state index < -0.39 is 12.1 Å². The second-order valence-electron chi connectivity index (χ2n) is 8.03. The summed E-state index contributed by atoms with van der Waals surface area (Å²) < 4.78 is 37.8. The van der Waals surface area contributed by atoms with Crippen LogP contribution in [0.4, 0.5) is 13.2 Å². The van der Waals surface area contributed by atoms with Gasteiger partial charge in [0.15, 0.2) is 0 Å². The number of fused-ring (bicyclic) bond motifs is 1. The van der Waals surface area contributed by atoms with Crippen LogP contribution in [0.15, 0.2) is 5.38 Å². The van der Waals surface area contributed by atoms with Gasteiger partial charge in [-0.2, -0.15) is 13.2 Å². The number of carbonyl (C=O) groups is 2. The molecule has 3 heterocycles. The molecule has 4 rings (SSSR count). The summed E-state index contributed by atoms with van der Waals surface area (Å²) >= 11 is 1.71. The van der Waals surface area contributed by atoms with Crippen LogP contribution >= 0.6 is 11.3 Å². The van der Waals surface area contributed by atoms with Crippen LogP contribution in [0.2, 0.25) is 0 Å². The third kappa shape index (κ3) is 6.64. The molecule has 0 aromatic carbocycles. The van der Waals surface area contributed by atoms with Crippen LogP contribution in [0.1, 0.15) is 36.4 Å². The largest absolute Gasteiger partial charge is 0.490 e. The first-order valence-corrected chi connectivity index (χ1v) is 10.9. The third-order valence-electron chi connectivity index (χ3n) is 5.48. The number of rotatable bonds is 5. The zero-order valence-corrected chi connectivity index (χ0v) is 17.5. The molecule has 2 N–H and O–H groups in total. The molecule has 0 bridgehead atoms. The number of hydrogen-bond acceptors (Lipinski definition) is 6. The monoisotopic (exact) mass is 449 g/mol. The van der Waals surface area contributed by atoms with Gasteiger partial charge in [-0.3, -0.25) is 9.69 Å². The predicted octanol–water partition coefficient (Wildman–Crippen LogP) is 2.59. The standard InChI is InChI=1S/C17H25N3O2S.C2HF3O2/c1-11-19-14(10-23-11)8-20-5-4-13-6-15(22-16(13)9-20)17(21)18-7-12-2-3-12;3-2(4,5)1(6)7/h10,12-13,15-16H,2-9H2,1H3,(H,18,21);(H,6,7)/t13-,15-,16+;/m0./s1. The number of piperidine rings is 1. The summed E-state index contributed by atoms with van der Waals surface area (Å²) in [4.78, 5) is 28.1. The number of aliphatic carboxylic acids is 1. The Hall–Kier alpha value is -1.72. The molecule has 11 heteroatoms. The number of nitrogens with one attached hydrogen (secondary N) is 1. The number of aryl methyl sites for hydroxylation is 1. The number of thiazole rings is 1. The topological polar surface area (TPSA) is 91.8 Å². The molecule has 1 aliphatic carbocycles. The van der Waals surface area contributed by atoms with E-state index in [1.807, 2.05) is 6.92 Å². The lowest BCUT2D eigenvalue weighted by molar-refractivity contribution is -0.192. The van der Waals surface area contributed by atoms with Crippen molar-refractivity contribution < 1.29 is 32.6 Å². The Morgan fingerprint density at radius 2 is 2.07 bits per heavy atom. The van der Waals surface area contributed by atoms with Gasteiger partial charge in [-0.25, -0.2) is 9.78 Å². The van der Waals surface area contributed by atoms with E-state index >= 15 is 0 Å². The first-order valence-electron chi connectivity index (χ1n) is 9.98. The van der Waals surface area contributed by atoms with E-state index in [9.17, 15) is 18.0 Å². The normalized spacial score (nSPS) is 26.5. The highest BCUT2D eigenvalue weighted by Gasteiger charge is 2.42. The molecule has 2 aliphatic heterocycles. The Morgan fingerprint density at radius 3 is 2.63 bits per heavy atom. The van der Waals surface area contributed by atoms with Gasteiger partial charge in [0.25, 0.3) is 0 Å². The number of nitrogens with zero attached hydrogens (tertiary/aromatic N) is 2. The molecule has 3 atom stereocenters. The van der Waals surface area contributed by atoms with Crippen LogP contribution in [0.25, 0.3) is 0 Å². The van der Waals surface area contributed by atoms with Crippen LogP contribution in [-0.2, 0) is 20.9 Å². The van der Waals surface area contributed by atoms with Crippen molar-refractivity contribution in [3.05, 3.63) is 16.1 Å². The average molecular weight is 449 g/mol. The van der Waals surface area contributed by atoms with Crippen LogP contribution < -0.4 is 5.32 Å². The zero-order valence-electron chi connectivity index (χ0n) is 16.7. The lowest BCUT2D eigenvalue weighted by Gasteiger charge is -2.33. The van der Waals surface area contributed by atoms with E-state index in [0.29, 0.717) is 5.92 Å². The fraction of sp³-hybridized carbons (Fsp3) is 0.737. The second-order valence-corrected chi connectivity index (χ2v) is 9.09. The van der Waals surface area contributed by atoms with Crippen LogP contribution in [0.5, 0.6) is 0 Å². The van der Waals surface area contributed by atoms with Crippen LogP contribution in [0, 0.1) is 18.8 Å². The molecule has 0 radical (unpaired) electrons. The van der Waals surface area contributed by atoms with Crippen LogP contribution in [-0.4, -0.2) is 64.9 Å². The molecule has 168 valence electrons. The number of alkyl halides is 3. The lowest BCUT2D eigenvalue weighted by atomic mass is 9.91. The number of carboxylic acid groups (broad SMARTS) is 1. The number of halogens is 3. The molecular weight excluding hydrogens is 423 g/mol. The summed E-state index contributed by atoms with van der Waals surface area (Å²) in [6.45, 7) is 5.79. The average Bonchev–Trinajstić information content (AvgIpc) is 3.26. The molecule has 1 aromatic rings. The molecule has 3 fully saturated rings. The van der Waals surface area contributed by atoms with Gasteiger partial charge in [0.2, 0.25) is 5.91 Å². The second kappa shape index (κ2) is 9.61. The number of ether oxygens (including phenoxy) is 1. The number of likely N-dealkylation sites (tertiary alicyclic amines) is 1. The number of carbonyl (C=O) groups excluding carboxylic acids is 1. The van der Waals surface area contributed by atoms with Crippen molar-refractivity contribution in [1.82, 2.24) is 15.2 Å². The van der Waals surface area contributed by atoms with Gasteiger partial charge in [0, 0.05) is 25.0 Å². The predicted molar refractivity (Wildman–Crippen MR) is 103 cm³/mol. The highest BCUT2D eigenvalue weighted by molar-refractivity contribution is 7.09. The highest BCUT2D eigenvalue weighted by atomic mass is 32.1. The van der Waals surface area contributed by atoms with Gasteiger partial charge in [-0.05, 0) is 51.0 Å². The summed E-state index contributed by atoms with van der Waals surface area (Å²) in [6, 6.07) is 0. The van der Waals surface area contributed by atoms with Gasteiger partial charge in [0.05, 0.1) is 16.8 Å². The molecule has 7 nitrogen and oxygen atoms in total. The molecule has 1 saturated carbocycles. The minimum absolute atomic E-state index is 0.105. The molecule has 30 heavy (non-hydrogen) atoms. The zero-order chi connectivity index (χ0) is 21.9. The number of carboxylic acids is 1. The van der Waals surface area contributed by atoms with Gasteiger partial charge in [0.1, 0.15) is 6.10 Å². The van der Waals surface area contributed by atoms with Crippen molar-refractivity contribution in [2.45, 2.75) is 57.5 Å². The minimum atomic E-state index is -5.08. The Morgan fingerprint density at radius 1 is 1.37 bits per heavy atom. The van der Waals surface area contributed by atoms with Crippen molar-refractivity contribution in [2.75, 3.05) is 19.6 Å². The molecular formula is C19H26F3N3O4S. The Bertz CT molecular complexity index is 754. The van der Waals surface area contributed by atoms with E-state index in [0.717, 1.165) is 55.6 Å². The summed E-state index contributed by atoms with van der Waals surface area (Å²) in [5.41, 5.74) is 1.16. The van der Waals surface area contributed by atoms with Crippen molar-refractivity contribution in [3.8, 4) is 0 Å². The van der Waals surface area contributed by atoms with E-state index in [1.165, 1.54) is 12.8 Å². The summed E-state index contributed by atoms with van der Waals surface area (Å²) in [5, 5.41) is 13.5. The number of aromatic nitrogens is 1. The minimum Gasteiger partial charge on any atom is -0.475 e. The first kappa shape index (κ1) is 23.0. The fourth-order valence-electron chi connectivity index (χ4n) is 3.70. The summed E-state index contributed by atoms with van der Waals surface area (Å²) in [7, 11) is 0. The van der Waals surface area contributed by atoms with Crippen molar-refractivity contribution in [1.29, 1.82) is 0 Å². The smallest absolute Gasteiger partial charge is 0.475 e. The number of hydrogen-bond donors (Lipinski definition) is 2. The third-order valence-corrected chi connectivity index (χ3v) is 6.31. The van der Waals surface area contributed by atoms with Crippen molar-refractivity contribution in [2.24, 2.45) is 11.8 Å². The molecule has 1 amide bonds. The Labute approximate surface area is 176 Å². The van der Waals surface area contributed by atoms with E-state index in [1.54, 1.807) is 11.3 Å². The highest BCUT2D eigenvalue weighted by Crippen LogP contribution is 2.34. The van der Waals surface area contributed by atoms with E-state index in [2.05, 4.69) is 20.6 Å². The molecule has 3 aliphatic rings. The lowest BCUT2D eigenvalue weighted by Crippen LogP contribution is -2.42. The Kier molecular flexibility index (Phi) is 7.35. The first-order chi connectivity index (χ1) is 14.1. The van der Waals surface area contributed by atoms with Gasteiger partial charge in [-0.15, -0.1) is 11.3 Å².